The highest BCUT2D eigenvalue weighted by atomic mass is 35.5. The molecule has 1 aliphatic rings. The molecule has 1 fully saturated rings. The summed E-state index contributed by atoms with van der Waals surface area (Å²) in [6, 6.07) is 10.4. The average molecular weight is 336 g/mol. The maximum atomic E-state index is 12.5. The van der Waals surface area contributed by atoms with E-state index in [9.17, 15) is 4.79 Å². The van der Waals surface area contributed by atoms with Crippen LogP contribution in [0.25, 0.3) is 0 Å². The summed E-state index contributed by atoms with van der Waals surface area (Å²) in [4.78, 5) is 14.4. The zero-order valence-corrected chi connectivity index (χ0v) is 14.0. The molecule has 1 atom stereocenters. The minimum Gasteiger partial charge on any atom is -0.336 e. The Bertz CT molecular complexity index is 630. The van der Waals surface area contributed by atoms with Crippen molar-refractivity contribution in [3.8, 4) is 0 Å². The summed E-state index contributed by atoms with van der Waals surface area (Å²) in [5, 5.41) is 11.4. The monoisotopic (exact) mass is 335 g/mol. The van der Waals surface area contributed by atoms with Crippen LogP contribution in [0.4, 0.5) is 0 Å². The minimum absolute atomic E-state index is 0. The molecule has 0 bridgehead atoms. The largest absolute Gasteiger partial charge is 0.336 e. The lowest BCUT2D eigenvalue weighted by Crippen LogP contribution is -2.47. The van der Waals surface area contributed by atoms with Gasteiger partial charge in [0.2, 0.25) is 0 Å². The van der Waals surface area contributed by atoms with Gasteiger partial charge >= 0.3 is 0 Å². The van der Waals surface area contributed by atoms with Crippen LogP contribution in [0.15, 0.2) is 36.5 Å². The normalized spacial score (nSPS) is 17.6. The molecule has 1 amide bonds. The molecule has 2 aromatic rings. The smallest absolute Gasteiger partial charge is 0.276 e. The van der Waals surface area contributed by atoms with E-state index in [0.717, 1.165) is 31.5 Å². The first-order chi connectivity index (χ1) is 10.8. The summed E-state index contributed by atoms with van der Waals surface area (Å²) in [5.41, 5.74) is 1.56. The molecule has 2 heterocycles. The second-order valence-electron chi connectivity index (χ2n) is 5.67. The summed E-state index contributed by atoms with van der Waals surface area (Å²) in [7, 11) is 1.94. The Morgan fingerprint density at radius 3 is 2.87 bits per heavy atom. The molecule has 1 aromatic carbocycles. The number of hydrogen-bond acceptors (Lipinski definition) is 4. The third-order valence-corrected chi connectivity index (χ3v) is 4.06. The standard InChI is InChI=1S/C16H21N5O.ClH/c1-17-14-8-5-9-20(11-14)16(22)15-12-21(19-18-15)10-13-6-3-2-4-7-13;/h2-4,6-7,12,14,17H,5,8-11H2,1H3;1H. The Hall–Kier alpha value is -1.92. The number of piperidine rings is 1. The van der Waals surface area contributed by atoms with Crippen LogP contribution in [0.5, 0.6) is 0 Å². The molecule has 3 rings (SSSR count). The molecular weight excluding hydrogens is 314 g/mol. The molecule has 1 saturated heterocycles. The number of benzene rings is 1. The van der Waals surface area contributed by atoms with Crippen LogP contribution in [0, 0.1) is 0 Å². The van der Waals surface area contributed by atoms with E-state index in [1.165, 1.54) is 0 Å². The van der Waals surface area contributed by atoms with Crippen LogP contribution in [0.1, 0.15) is 28.9 Å². The van der Waals surface area contributed by atoms with Gasteiger partial charge in [0.05, 0.1) is 12.7 Å². The molecule has 0 saturated carbocycles. The number of rotatable bonds is 4. The molecule has 0 spiro atoms. The lowest BCUT2D eigenvalue weighted by Gasteiger charge is -2.31. The van der Waals surface area contributed by atoms with E-state index in [2.05, 4.69) is 15.6 Å². The van der Waals surface area contributed by atoms with E-state index in [0.29, 0.717) is 18.3 Å². The maximum absolute atomic E-state index is 12.5. The molecule has 124 valence electrons. The number of aromatic nitrogens is 3. The Labute approximate surface area is 142 Å². The van der Waals surface area contributed by atoms with Crippen LogP contribution < -0.4 is 5.32 Å². The van der Waals surface area contributed by atoms with Gasteiger partial charge in [0.1, 0.15) is 0 Å². The third-order valence-electron chi connectivity index (χ3n) is 4.06. The molecule has 23 heavy (non-hydrogen) atoms. The Morgan fingerprint density at radius 2 is 2.13 bits per heavy atom. The van der Waals surface area contributed by atoms with Crippen molar-refractivity contribution < 1.29 is 4.79 Å². The molecule has 1 N–H and O–H groups in total. The fourth-order valence-corrected chi connectivity index (χ4v) is 2.80. The van der Waals surface area contributed by atoms with E-state index in [-0.39, 0.29) is 18.3 Å². The second kappa shape index (κ2) is 8.08. The Kier molecular flexibility index (Phi) is 6.12. The maximum Gasteiger partial charge on any atom is 0.276 e. The highest BCUT2D eigenvalue weighted by molar-refractivity contribution is 5.92. The van der Waals surface area contributed by atoms with Gasteiger partial charge < -0.3 is 10.2 Å². The first-order valence-corrected chi connectivity index (χ1v) is 7.67. The molecule has 0 aliphatic carbocycles. The van der Waals surface area contributed by atoms with Crippen molar-refractivity contribution in [2.75, 3.05) is 20.1 Å². The number of carbonyl (C=O) groups is 1. The fourth-order valence-electron chi connectivity index (χ4n) is 2.80. The number of likely N-dealkylation sites (tertiary alicyclic amines) is 1. The fraction of sp³-hybridized carbons (Fsp3) is 0.438. The van der Waals surface area contributed by atoms with Crippen molar-refractivity contribution >= 4 is 18.3 Å². The highest BCUT2D eigenvalue weighted by Gasteiger charge is 2.25. The van der Waals surface area contributed by atoms with Gasteiger partial charge in [-0.15, -0.1) is 17.5 Å². The molecule has 1 unspecified atom stereocenters. The summed E-state index contributed by atoms with van der Waals surface area (Å²) >= 11 is 0. The van der Waals surface area contributed by atoms with Gasteiger partial charge in [-0.1, -0.05) is 35.5 Å². The van der Waals surface area contributed by atoms with Gasteiger partial charge in [-0.05, 0) is 25.5 Å². The van der Waals surface area contributed by atoms with Gasteiger partial charge in [-0.2, -0.15) is 0 Å². The highest BCUT2D eigenvalue weighted by Crippen LogP contribution is 2.12. The zero-order chi connectivity index (χ0) is 15.4. The van der Waals surface area contributed by atoms with Crippen molar-refractivity contribution in [3.63, 3.8) is 0 Å². The number of halogens is 1. The molecule has 1 aliphatic heterocycles. The third kappa shape index (κ3) is 4.30. The van der Waals surface area contributed by atoms with Crippen molar-refractivity contribution in [1.29, 1.82) is 0 Å². The van der Waals surface area contributed by atoms with Crippen molar-refractivity contribution in [3.05, 3.63) is 47.8 Å². The minimum atomic E-state index is -0.0285. The number of amides is 1. The summed E-state index contributed by atoms with van der Waals surface area (Å²) in [5.74, 6) is -0.0285. The first-order valence-electron chi connectivity index (χ1n) is 7.67. The second-order valence-corrected chi connectivity index (χ2v) is 5.67. The van der Waals surface area contributed by atoms with Crippen molar-refractivity contribution in [2.45, 2.75) is 25.4 Å². The molecule has 6 nitrogen and oxygen atoms in total. The SMILES string of the molecule is CNC1CCCN(C(=O)c2cn(Cc3ccccc3)nn2)C1.Cl. The topological polar surface area (TPSA) is 63.1 Å². The summed E-state index contributed by atoms with van der Waals surface area (Å²) in [6.07, 6.45) is 3.87. The quantitative estimate of drug-likeness (QED) is 0.921. The van der Waals surface area contributed by atoms with Gasteiger partial charge in [0.25, 0.3) is 5.91 Å². The Morgan fingerprint density at radius 1 is 1.35 bits per heavy atom. The zero-order valence-electron chi connectivity index (χ0n) is 13.2. The summed E-state index contributed by atoms with van der Waals surface area (Å²) in [6.45, 7) is 2.16. The van der Waals surface area contributed by atoms with Crippen LogP contribution >= 0.6 is 12.4 Å². The molecular formula is C16H22ClN5O. The van der Waals surface area contributed by atoms with E-state index in [4.69, 9.17) is 0 Å². The van der Waals surface area contributed by atoms with E-state index in [1.807, 2.05) is 42.3 Å². The predicted molar refractivity (Wildman–Crippen MR) is 90.8 cm³/mol. The summed E-state index contributed by atoms with van der Waals surface area (Å²) < 4.78 is 1.71. The van der Waals surface area contributed by atoms with Gasteiger partial charge in [-0.25, -0.2) is 4.68 Å². The van der Waals surface area contributed by atoms with Gasteiger partial charge in [0.15, 0.2) is 5.69 Å². The molecule has 1 aromatic heterocycles. The molecule has 0 radical (unpaired) electrons. The lowest BCUT2D eigenvalue weighted by molar-refractivity contribution is 0.0692. The molecule has 7 heteroatoms. The van der Waals surface area contributed by atoms with Crippen LogP contribution in [0.2, 0.25) is 0 Å². The van der Waals surface area contributed by atoms with Gasteiger partial charge in [0, 0.05) is 19.1 Å². The lowest BCUT2D eigenvalue weighted by atomic mass is 10.1. The average Bonchev–Trinajstić information content (AvgIpc) is 3.03. The number of carbonyl (C=O) groups excluding carboxylic acids is 1. The van der Waals surface area contributed by atoms with Crippen molar-refractivity contribution in [1.82, 2.24) is 25.2 Å². The van der Waals surface area contributed by atoms with Crippen LogP contribution in [-0.2, 0) is 6.54 Å². The first kappa shape index (κ1) is 17.4. The number of nitrogens with zero attached hydrogens (tertiary/aromatic N) is 4. The predicted octanol–water partition coefficient (Wildman–Crippen LogP) is 1.57. The van der Waals surface area contributed by atoms with E-state index < -0.39 is 0 Å². The number of nitrogens with one attached hydrogen (secondary N) is 1. The van der Waals surface area contributed by atoms with Gasteiger partial charge in [-0.3, -0.25) is 4.79 Å². The number of likely N-dealkylation sites (N-methyl/N-ethyl adjacent to an activating group) is 1. The number of hydrogen-bond donors (Lipinski definition) is 1. The van der Waals surface area contributed by atoms with E-state index >= 15 is 0 Å². The van der Waals surface area contributed by atoms with Crippen molar-refractivity contribution in [2.24, 2.45) is 0 Å². The van der Waals surface area contributed by atoms with Crippen LogP contribution in [-0.4, -0.2) is 52.0 Å². The van der Waals surface area contributed by atoms with Crippen LogP contribution in [0.3, 0.4) is 0 Å². The van der Waals surface area contributed by atoms with E-state index in [1.54, 1.807) is 10.9 Å². The Balaban J connectivity index is 0.00000192.